The number of nitrogens with zero attached hydrogens (tertiary/aromatic N) is 1. The Balaban J connectivity index is 1.65. The van der Waals surface area contributed by atoms with Crippen LogP contribution in [0.25, 0.3) is 0 Å². The molecule has 0 aliphatic carbocycles. The molecule has 28 heavy (non-hydrogen) atoms. The maximum atomic E-state index is 12.3. The molecule has 0 radical (unpaired) electrons. The highest BCUT2D eigenvalue weighted by molar-refractivity contribution is 5.98. The average molecular weight is 381 g/mol. The van der Waals surface area contributed by atoms with Gasteiger partial charge in [0, 0.05) is 23.5 Å². The maximum Gasteiger partial charge on any atom is 0.305 e. The summed E-state index contributed by atoms with van der Waals surface area (Å²) in [7, 11) is 0. The van der Waals surface area contributed by atoms with E-state index in [-0.39, 0.29) is 5.76 Å². The number of nitrogens with one attached hydrogen (secondary N) is 2. The molecular weight excluding hydrogens is 362 g/mol. The number of hydrazine groups is 1. The molecule has 0 aliphatic rings. The number of hydrogen-bond acceptors (Lipinski definition) is 6. The highest BCUT2D eigenvalue weighted by Gasteiger charge is 2.14. The number of furan rings is 1. The van der Waals surface area contributed by atoms with Gasteiger partial charge >= 0.3 is 5.91 Å². The number of carbonyl (C=O) groups excluding carboxylic acids is 2. The lowest BCUT2D eigenvalue weighted by Crippen LogP contribution is -2.41. The number of amides is 2. The summed E-state index contributed by atoms with van der Waals surface area (Å²) in [4.78, 5) is 28.2. The fourth-order valence-electron chi connectivity index (χ4n) is 2.34. The number of benzene rings is 1. The SMILES string of the molecule is CCOc1cc(C(=O)NNC(=O)c2ccco2)ccc1OCc1cccnc1. The third kappa shape index (κ3) is 4.88. The smallest absolute Gasteiger partial charge is 0.305 e. The largest absolute Gasteiger partial charge is 0.490 e. The number of carbonyl (C=O) groups is 2. The summed E-state index contributed by atoms with van der Waals surface area (Å²) in [5.41, 5.74) is 5.83. The average Bonchev–Trinajstić information content (AvgIpc) is 3.27. The zero-order valence-corrected chi connectivity index (χ0v) is 15.2. The minimum absolute atomic E-state index is 0.0921. The van der Waals surface area contributed by atoms with E-state index in [4.69, 9.17) is 13.9 Å². The van der Waals surface area contributed by atoms with E-state index in [9.17, 15) is 9.59 Å². The van der Waals surface area contributed by atoms with Crippen LogP contribution in [0.1, 0.15) is 33.4 Å². The van der Waals surface area contributed by atoms with Crippen molar-refractivity contribution in [2.45, 2.75) is 13.5 Å². The molecule has 3 aromatic rings. The molecule has 2 N–H and O–H groups in total. The van der Waals surface area contributed by atoms with Crippen molar-refractivity contribution in [1.29, 1.82) is 0 Å². The standard InChI is InChI=1S/C20H19N3O5/c1-2-26-18-11-15(19(24)22-23-20(25)17-6-4-10-27-17)7-8-16(18)28-13-14-5-3-9-21-12-14/h3-12H,2,13H2,1H3,(H,22,24)(H,23,25). The lowest BCUT2D eigenvalue weighted by molar-refractivity contribution is 0.0830. The maximum absolute atomic E-state index is 12.3. The summed E-state index contributed by atoms with van der Waals surface area (Å²) in [5.74, 6) is -0.0350. The van der Waals surface area contributed by atoms with Crippen LogP contribution in [0.4, 0.5) is 0 Å². The second kappa shape index (κ2) is 9.22. The monoisotopic (exact) mass is 381 g/mol. The van der Waals surface area contributed by atoms with Gasteiger partial charge in [-0.05, 0) is 43.3 Å². The molecule has 2 heterocycles. The quantitative estimate of drug-likeness (QED) is 0.610. The summed E-state index contributed by atoms with van der Waals surface area (Å²) in [6.45, 7) is 2.56. The van der Waals surface area contributed by atoms with Gasteiger partial charge in [-0.1, -0.05) is 6.07 Å². The summed E-state index contributed by atoms with van der Waals surface area (Å²) in [6.07, 6.45) is 4.77. The summed E-state index contributed by atoms with van der Waals surface area (Å²) < 4.78 is 16.3. The van der Waals surface area contributed by atoms with Crippen LogP contribution >= 0.6 is 0 Å². The van der Waals surface area contributed by atoms with E-state index in [0.717, 1.165) is 5.56 Å². The molecule has 3 rings (SSSR count). The van der Waals surface area contributed by atoms with Gasteiger partial charge in [-0.15, -0.1) is 0 Å². The van der Waals surface area contributed by atoms with Crippen molar-refractivity contribution < 1.29 is 23.5 Å². The number of ether oxygens (including phenoxy) is 2. The lowest BCUT2D eigenvalue weighted by atomic mass is 10.2. The molecule has 8 nitrogen and oxygen atoms in total. The van der Waals surface area contributed by atoms with E-state index in [1.165, 1.54) is 12.3 Å². The van der Waals surface area contributed by atoms with E-state index >= 15 is 0 Å². The van der Waals surface area contributed by atoms with Crippen molar-refractivity contribution in [1.82, 2.24) is 15.8 Å². The van der Waals surface area contributed by atoms with Crippen LogP contribution in [0.15, 0.2) is 65.5 Å². The molecule has 0 fully saturated rings. The predicted octanol–water partition coefficient (Wildman–Crippen LogP) is 2.73. The molecule has 144 valence electrons. The highest BCUT2D eigenvalue weighted by Crippen LogP contribution is 2.29. The number of aromatic nitrogens is 1. The Kier molecular flexibility index (Phi) is 6.25. The van der Waals surface area contributed by atoms with E-state index < -0.39 is 11.8 Å². The third-order valence-corrected chi connectivity index (χ3v) is 3.66. The van der Waals surface area contributed by atoms with Gasteiger partial charge in [0.2, 0.25) is 0 Å². The molecule has 8 heteroatoms. The van der Waals surface area contributed by atoms with Crippen molar-refractivity contribution in [2.75, 3.05) is 6.61 Å². The van der Waals surface area contributed by atoms with Crippen molar-refractivity contribution in [3.63, 3.8) is 0 Å². The van der Waals surface area contributed by atoms with Crippen molar-refractivity contribution in [3.8, 4) is 11.5 Å². The minimum atomic E-state index is -0.556. The zero-order chi connectivity index (χ0) is 19.8. The van der Waals surface area contributed by atoms with Crippen LogP contribution in [0.5, 0.6) is 11.5 Å². The molecular formula is C20H19N3O5. The first kappa shape index (κ1) is 19.0. The Hall–Kier alpha value is -3.81. The number of pyridine rings is 1. The normalized spacial score (nSPS) is 10.2. The predicted molar refractivity (Wildman–Crippen MR) is 99.8 cm³/mol. The van der Waals surface area contributed by atoms with Gasteiger partial charge in [0.1, 0.15) is 6.61 Å². The van der Waals surface area contributed by atoms with Crippen LogP contribution < -0.4 is 20.3 Å². The van der Waals surface area contributed by atoms with Crippen LogP contribution in [0.3, 0.4) is 0 Å². The van der Waals surface area contributed by atoms with Gasteiger partial charge in [0.05, 0.1) is 12.9 Å². The van der Waals surface area contributed by atoms with Crippen LogP contribution in [0.2, 0.25) is 0 Å². The van der Waals surface area contributed by atoms with Gasteiger partial charge in [0.25, 0.3) is 5.91 Å². The molecule has 2 aromatic heterocycles. The van der Waals surface area contributed by atoms with Gasteiger partial charge in [-0.3, -0.25) is 25.4 Å². The molecule has 2 amide bonds. The van der Waals surface area contributed by atoms with Gasteiger partial charge in [-0.25, -0.2) is 0 Å². The first-order valence-corrected chi connectivity index (χ1v) is 8.60. The summed E-state index contributed by atoms with van der Waals surface area (Å²) in [6, 6.07) is 11.6. The van der Waals surface area contributed by atoms with E-state index in [1.54, 1.807) is 36.7 Å². The third-order valence-electron chi connectivity index (χ3n) is 3.66. The fraction of sp³-hybridized carbons (Fsp3) is 0.150. The second-order valence-corrected chi connectivity index (χ2v) is 5.63. The first-order valence-electron chi connectivity index (χ1n) is 8.60. The van der Waals surface area contributed by atoms with Crippen LogP contribution in [-0.2, 0) is 6.61 Å². The van der Waals surface area contributed by atoms with Crippen LogP contribution in [-0.4, -0.2) is 23.4 Å². The zero-order valence-electron chi connectivity index (χ0n) is 15.2. The summed E-state index contributed by atoms with van der Waals surface area (Å²) >= 11 is 0. The van der Waals surface area contributed by atoms with Crippen molar-refractivity contribution in [2.24, 2.45) is 0 Å². The van der Waals surface area contributed by atoms with E-state index in [2.05, 4.69) is 15.8 Å². The molecule has 0 spiro atoms. The van der Waals surface area contributed by atoms with E-state index in [1.807, 2.05) is 19.1 Å². The number of hydrogen-bond donors (Lipinski definition) is 2. The first-order chi connectivity index (χ1) is 13.7. The Morgan fingerprint density at radius 2 is 1.89 bits per heavy atom. The Morgan fingerprint density at radius 1 is 1.04 bits per heavy atom. The fourth-order valence-corrected chi connectivity index (χ4v) is 2.34. The minimum Gasteiger partial charge on any atom is -0.490 e. The van der Waals surface area contributed by atoms with Gasteiger partial charge in [0.15, 0.2) is 17.3 Å². The molecule has 0 bridgehead atoms. The van der Waals surface area contributed by atoms with Crippen LogP contribution in [0, 0.1) is 0 Å². The van der Waals surface area contributed by atoms with Gasteiger partial charge in [-0.2, -0.15) is 0 Å². The molecule has 1 aromatic carbocycles. The topological polar surface area (TPSA) is 103 Å². The van der Waals surface area contributed by atoms with Crippen molar-refractivity contribution in [3.05, 3.63) is 78.0 Å². The van der Waals surface area contributed by atoms with Gasteiger partial charge < -0.3 is 13.9 Å². The molecule has 0 unspecified atom stereocenters. The molecule has 0 atom stereocenters. The molecule has 0 saturated carbocycles. The summed E-state index contributed by atoms with van der Waals surface area (Å²) in [5, 5.41) is 0. The Morgan fingerprint density at radius 3 is 2.61 bits per heavy atom. The Bertz CT molecular complexity index is 926. The Labute approximate surface area is 161 Å². The molecule has 0 saturated heterocycles. The highest BCUT2D eigenvalue weighted by atomic mass is 16.5. The lowest BCUT2D eigenvalue weighted by Gasteiger charge is -2.13. The second-order valence-electron chi connectivity index (χ2n) is 5.63. The number of rotatable bonds is 7. The van der Waals surface area contributed by atoms with Crippen molar-refractivity contribution >= 4 is 11.8 Å². The molecule has 0 aliphatic heterocycles. The van der Waals surface area contributed by atoms with E-state index in [0.29, 0.717) is 30.3 Å².